The van der Waals surface area contributed by atoms with Crippen molar-refractivity contribution in [2.24, 2.45) is 0 Å². The van der Waals surface area contributed by atoms with Gasteiger partial charge in [0, 0.05) is 11.7 Å². The number of halogens is 1. The lowest BCUT2D eigenvalue weighted by atomic mass is 10.1. The number of anilines is 1. The molecule has 2 N–H and O–H groups in total. The molecule has 7 heteroatoms. The summed E-state index contributed by atoms with van der Waals surface area (Å²) in [7, 11) is -3.77. The molecule has 2 aromatic rings. The molecular formula is C17H17FN2O3S. The van der Waals surface area contributed by atoms with Crippen molar-refractivity contribution >= 4 is 21.6 Å². The molecule has 0 unspecified atom stereocenters. The molecule has 0 aromatic heterocycles. The van der Waals surface area contributed by atoms with E-state index in [9.17, 15) is 17.6 Å². The van der Waals surface area contributed by atoms with E-state index in [0.29, 0.717) is 11.7 Å². The van der Waals surface area contributed by atoms with Crippen LogP contribution in [-0.4, -0.2) is 20.4 Å². The molecule has 126 valence electrons. The molecule has 1 fully saturated rings. The van der Waals surface area contributed by atoms with Crippen LogP contribution in [0.25, 0.3) is 0 Å². The highest BCUT2D eigenvalue weighted by Crippen LogP contribution is 2.19. The Morgan fingerprint density at radius 1 is 1.04 bits per heavy atom. The van der Waals surface area contributed by atoms with Gasteiger partial charge in [0.1, 0.15) is 5.82 Å². The summed E-state index contributed by atoms with van der Waals surface area (Å²) in [5.74, 6) is -0.528. The standard InChI is InChI=1S/C17H17FN2O3S/c18-13-3-9-16(10-4-13)24(22,23)20-15-5-1-12(2-6-15)11-17(21)19-14-7-8-14/h1-6,9-10,14,20H,7-8,11H2,(H,19,21). The second-order valence-electron chi connectivity index (χ2n) is 5.77. The maximum Gasteiger partial charge on any atom is 0.261 e. The number of rotatable bonds is 6. The summed E-state index contributed by atoms with van der Waals surface area (Å²) in [5, 5.41) is 2.90. The predicted molar refractivity (Wildman–Crippen MR) is 88.5 cm³/mol. The Labute approximate surface area is 139 Å². The first-order valence-corrected chi connectivity index (χ1v) is 9.07. The van der Waals surface area contributed by atoms with Crippen molar-refractivity contribution in [3.05, 3.63) is 59.9 Å². The first-order valence-electron chi connectivity index (χ1n) is 7.59. The molecule has 0 bridgehead atoms. The highest BCUT2D eigenvalue weighted by Gasteiger charge is 2.23. The second kappa shape index (κ2) is 6.60. The van der Waals surface area contributed by atoms with Crippen LogP contribution in [0.1, 0.15) is 18.4 Å². The molecule has 0 radical (unpaired) electrons. The summed E-state index contributed by atoms with van der Waals surface area (Å²) in [6.45, 7) is 0. The molecule has 24 heavy (non-hydrogen) atoms. The van der Waals surface area contributed by atoms with E-state index in [4.69, 9.17) is 0 Å². The highest BCUT2D eigenvalue weighted by molar-refractivity contribution is 7.92. The summed E-state index contributed by atoms with van der Waals surface area (Å²) in [6.07, 6.45) is 2.34. The average Bonchev–Trinajstić information content (AvgIpc) is 3.33. The van der Waals surface area contributed by atoms with E-state index < -0.39 is 15.8 Å². The van der Waals surface area contributed by atoms with Gasteiger partial charge < -0.3 is 5.32 Å². The Balaban J connectivity index is 1.64. The number of amides is 1. The normalized spacial score (nSPS) is 14.2. The SMILES string of the molecule is O=C(Cc1ccc(NS(=O)(=O)c2ccc(F)cc2)cc1)NC1CC1. The highest BCUT2D eigenvalue weighted by atomic mass is 32.2. The molecule has 0 atom stereocenters. The Kier molecular flexibility index (Phi) is 4.53. The van der Waals surface area contributed by atoms with Gasteiger partial charge in [0.15, 0.2) is 0 Å². The fourth-order valence-electron chi connectivity index (χ4n) is 2.21. The first kappa shape index (κ1) is 16.4. The van der Waals surface area contributed by atoms with E-state index >= 15 is 0 Å². The van der Waals surface area contributed by atoms with Gasteiger partial charge in [-0.2, -0.15) is 0 Å². The zero-order valence-electron chi connectivity index (χ0n) is 12.8. The third kappa shape index (κ3) is 4.32. The van der Waals surface area contributed by atoms with Crippen LogP contribution in [0, 0.1) is 5.82 Å². The minimum atomic E-state index is -3.77. The number of sulfonamides is 1. The van der Waals surface area contributed by atoms with Crippen molar-refractivity contribution in [2.75, 3.05) is 4.72 Å². The maximum absolute atomic E-state index is 12.9. The molecule has 1 amide bonds. The number of hydrogen-bond donors (Lipinski definition) is 2. The fourth-order valence-corrected chi connectivity index (χ4v) is 3.27. The van der Waals surface area contributed by atoms with Crippen LogP contribution >= 0.6 is 0 Å². The van der Waals surface area contributed by atoms with Gasteiger partial charge in [0.25, 0.3) is 10.0 Å². The maximum atomic E-state index is 12.9. The Morgan fingerprint density at radius 3 is 2.25 bits per heavy atom. The number of carbonyl (C=O) groups is 1. The Hall–Kier alpha value is -2.41. The molecular weight excluding hydrogens is 331 g/mol. The van der Waals surface area contributed by atoms with E-state index in [0.717, 1.165) is 30.5 Å². The number of nitrogens with one attached hydrogen (secondary N) is 2. The van der Waals surface area contributed by atoms with Gasteiger partial charge in [-0.25, -0.2) is 12.8 Å². The van der Waals surface area contributed by atoms with Gasteiger partial charge in [-0.05, 0) is 54.8 Å². The van der Waals surface area contributed by atoms with E-state index in [-0.39, 0.29) is 17.2 Å². The van der Waals surface area contributed by atoms with Gasteiger partial charge in [0.2, 0.25) is 5.91 Å². The molecule has 1 aliphatic carbocycles. The monoisotopic (exact) mass is 348 g/mol. The average molecular weight is 348 g/mol. The lowest BCUT2D eigenvalue weighted by Crippen LogP contribution is -2.26. The van der Waals surface area contributed by atoms with Gasteiger partial charge >= 0.3 is 0 Å². The molecule has 5 nitrogen and oxygen atoms in total. The fraction of sp³-hybridized carbons (Fsp3) is 0.235. The van der Waals surface area contributed by atoms with E-state index in [1.807, 2.05) is 0 Å². The minimum absolute atomic E-state index is 0.0169. The zero-order chi connectivity index (χ0) is 17.2. The lowest BCUT2D eigenvalue weighted by molar-refractivity contribution is -0.120. The van der Waals surface area contributed by atoms with Crippen LogP contribution in [0.15, 0.2) is 53.4 Å². The third-order valence-corrected chi connectivity index (χ3v) is 5.03. The summed E-state index contributed by atoms with van der Waals surface area (Å²) < 4.78 is 39.7. The van der Waals surface area contributed by atoms with Crippen LogP contribution in [0.2, 0.25) is 0 Å². The van der Waals surface area contributed by atoms with Crippen molar-refractivity contribution in [1.82, 2.24) is 5.32 Å². The molecule has 3 rings (SSSR count). The first-order chi connectivity index (χ1) is 11.4. The predicted octanol–water partition coefficient (Wildman–Crippen LogP) is 2.45. The smallest absolute Gasteiger partial charge is 0.261 e. The number of hydrogen-bond acceptors (Lipinski definition) is 3. The van der Waals surface area contributed by atoms with Crippen LogP contribution in [-0.2, 0) is 21.2 Å². The second-order valence-corrected chi connectivity index (χ2v) is 7.46. The van der Waals surface area contributed by atoms with Crippen LogP contribution < -0.4 is 10.0 Å². The third-order valence-electron chi connectivity index (χ3n) is 3.64. The molecule has 0 heterocycles. The van der Waals surface area contributed by atoms with Crippen LogP contribution in [0.4, 0.5) is 10.1 Å². The molecule has 0 spiro atoms. The van der Waals surface area contributed by atoms with E-state index in [2.05, 4.69) is 10.0 Å². The van der Waals surface area contributed by atoms with Crippen LogP contribution in [0.5, 0.6) is 0 Å². The van der Waals surface area contributed by atoms with Gasteiger partial charge in [-0.15, -0.1) is 0 Å². The zero-order valence-corrected chi connectivity index (χ0v) is 13.6. The molecule has 0 saturated heterocycles. The minimum Gasteiger partial charge on any atom is -0.353 e. The summed E-state index contributed by atoms with van der Waals surface area (Å²) in [5.41, 5.74) is 1.18. The van der Waals surface area contributed by atoms with Crippen molar-refractivity contribution in [3.8, 4) is 0 Å². The summed E-state index contributed by atoms with van der Waals surface area (Å²) in [4.78, 5) is 11.7. The Morgan fingerprint density at radius 2 is 1.67 bits per heavy atom. The largest absolute Gasteiger partial charge is 0.353 e. The topological polar surface area (TPSA) is 75.3 Å². The molecule has 0 aliphatic heterocycles. The molecule has 1 saturated carbocycles. The number of benzene rings is 2. The van der Waals surface area contributed by atoms with Gasteiger partial charge in [-0.3, -0.25) is 9.52 Å². The molecule has 2 aromatic carbocycles. The van der Waals surface area contributed by atoms with Crippen molar-refractivity contribution < 1.29 is 17.6 Å². The van der Waals surface area contributed by atoms with Crippen molar-refractivity contribution in [1.29, 1.82) is 0 Å². The Bertz CT molecular complexity index is 829. The number of carbonyl (C=O) groups excluding carboxylic acids is 1. The van der Waals surface area contributed by atoms with Gasteiger partial charge in [-0.1, -0.05) is 12.1 Å². The summed E-state index contributed by atoms with van der Waals surface area (Å²) in [6, 6.07) is 11.5. The summed E-state index contributed by atoms with van der Waals surface area (Å²) >= 11 is 0. The molecule has 1 aliphatic rings. The quantitative estimate of drug-likeness (QED) is 0.842. The van der Waals surface area contributed by atoms with Crippen molar-refractivity contribution in [2.45, 2.75) is 30.2 Å². The van der Waals surface area contributed by atoms with Crippen LogP contribution in [0.3, 0.4) is 0 Å². The van der Waals surface area contributed by atoms with Gasteiger partial charge in [0.05, 0.1) is 11.3 Å². The lowest BCUT2D eigenvalue weighted by Gasteiger charge is -2.09. The van der Waals surface area contributed by atoms with Crippen molar-refractivity contribution in [3.63, 3.8) is 0 Å². The van der Waals surface area contributed by atoms with E-state index in [1.54, 1.807) is 24.3 Å². The van der Waals surface area contributed by atoms with E-state index in [1.165, 1.54) is 12.1 Å².